The summed E-state index contributed by atoms with van der Waals surface area (Å²) in [4.78, 5) is 7.10. The van der Waals surface area contributed by atoms with E-state index in [9.17, 15) is 0 Å². The summed E-state index contributed by atoms with van der Waals surface area (Å²) in [6, 6.07) is 4.78. The quantitative estimate of drug-likeness (QED) is 0.891. The zero-order valence-corrected chi connectivity index (χ0v) is 11.6. The Kier molecular flexibility index (Phi) is 4.59. The van der Waals surface area contributed by atoms with Gasteiger partial charge in [0, 0.05) is 30.4 Å². The minimum Gasteiger partial charge on any atom is -0.353 e. The van der Waals surface area contributed by atoms with Gasteiger partial charge in [-0.2, -0.15) is 0 Å². The van der Waals surface area contributed by atoms with Crippen molar-refractivity contribution < 1.29 is 0 Å². The molecule has 1 aliphatic rings. The number of nitrogens with two attached hydrogens (primary N) is 1. The molecule has 1 fully saturated rings. The van der Waals surface area contributed by atoms with Crippen LogP contribution in [0.3, 0.4) is 0 Å². The summed E-state index contributed by atoms with van der Waals surface area (Å²) in [5.74, 6) is 1.11. The van der Waals surface area contributed by atoms with Gasteiger partial charge in [-0.15, -0.1) is 0 Å². The van der Waals surface area contributed by atoms with Crippen LogP contribution >= 0.6 is 0 Å². The molecule has 3 nitrogen and oxygen atoms in total. The Morgan fingerprint density at radius 1 is 1.44 bits per heavy atom. The first-order valence-electron chi connectivity index (χ1n) is 7.21. The van der Waals surface area contributed by atoms with E-state index in [4.69, 9.17) is 5.73 Å². The maximum absolute atomic E-state index is 6.08. The van der Waals surface area contributed by atoms with Crippen LogP contribution in [0.2, 0.25) is 0 Å². The highest BCUT2D eigenvalue weighted by Crippen LogP contribution is 2.29. The first kappa shape index (κ1) is 13.3. The van der Waals surface area contributed by atoms with E-state index in [1.54, 1.807) is 0 Å². The van der Waals surface area contributed by atoms with Crippen LogP contribution in [0.4, 0.5) is 5.82 Å². The molecule has 18 heavy (non-hydrogen) atoms. The molecule has 2 N–H and O–H groups in total. The molecular weight excluding hydrogens is 222 g/mol. The number of nitrogens with zero attached hydrogens (tertiary/aromatic N) is 2. The minimum atomic E-state index is 0.0504. The van der Waals surface area contributed by atoms with Gasteiger partial charge in [0.05, 0.1) is 0 Å². The molecule has 3 heteroatoms. The highest BCUT2D eigenvalue weighted by atomic mass is 15.2. The monoisotopic (exact) mass is 247 g/mol. The van der Waals surface area contributed by atoms with E-state index in [1.807, 2.05) is 19.2 Å². The van der Waals surface area contributed by atoms with Crippen LogP contribution in [0.5, 0.6) is 0 Å². The van der Waals surface area contributed by atoms with Crippen LogP contribution in [0.1, 0.15) is 57.6 Å². The van der Waals surface area contributed by atoms with E-state index < -0.39 is 0 Å². The van der Waals surface area contributed by atoms with E-state index in [-0.39, 0.29) is 6.04 Å². The SMILES string of the molecule is CCC1CCCCCN1c1ncccc1[C@H](C)N. The lowest BCUT2D eigenvalue weighted by atomic mass is 10.1. The second kappa shape index (κ2) is 6.19. The van der Waals surface area contributed by atoms with Crippen molar-refractivity contribution in [3.05, 3.63) is 23.9 Å². The number of hydrogen-bond donors (Lipinski definition) is 1. The molecule has 1 aromatic rings. The first-order chi connectivity index (χ1) is 8.74. The lowest BCUT2D eigenvalue weighted by molar-refractivity contribution is 0.549. The van der Waals surface area contributed by atoms with E-state index >= 15 is 0 Å². The molecule has 2 rings (SSSR count). The highest BCUT2D eigenvalue weighted by Gasteiger charge is 2.23. The van der Waals surface area contributed by atoms with Crippen molar-refractivity contribution in [3.8, 4) is 0 Å². The molecule has 1 aliphatic heterocycles. The lowest BCUT2D eigenvalue weighted by Crippen LogP contribution is -2.36. The van der Waals surface area contributed by atoms with Crippen molar-refractivity contribution >= 4 is 5.82 Å². The Hall–Kier alpha value is -1.09. The molecule has 0 aromatic carbocycles. The summed E-state index contributed by atoms with van der Waals surface area (Å²) < 4.78 is 0. The van der Waals surface area contributed by atoms with Crippen molar-refractivity contribution in [1.82, 2.24) is 4.98 Å². The Morgan fingerprint density at radius 2 is 2.28 bits per heavy atom. The van der Waals surface area contributed by atoms with Gasteiger partial charge < -0.3 is 10.6 Å². The maximum Gasteiger partial charge on any atom is 0.133 e. The molecule has 0 amide bonds. The zero-order valence-electron chi connectivity index (χ0n) is 11.6. The Bertz CT molecular complexity index is 376. The van der Waals surface area contributed by atoms with Crippen molar-refractivity contribution in [2.75, 3.05) is 11.4 Å². The molecule has 1 saturated heterocycles. The summed E-state index contributed by atoms with van der Waals surface area (Å²) in [5, 5.41) is 0. The number of pyridine rings is 1. The normalized spacial score (nSPS) is 22.6. The van der Waals surface area contributed by atoms with Gasteiger partial charge in [0.15, 0.2) is 0 Å². The van der Waals surface area contributed by atoms with Crippen molar-refractivity contribution in [3.63, 3.8) is 0 Å². The number of hydrogen-bond acceptors (Lipinski definition) is 3. The fraction of sp³-hybridized carbons (Fsp3) is 0.667. The van der Waals surface area contributed by atoms with Gasteiger partial charge in [-0.1, -0.05) is 25.8 Å². The third-order valence-corrected chi connectivity index (χ3v) is 3.93. The number of anilines is 1. The maximum atomic E-state index is 6.08. The van der Waals surface area contributed by atoms with Crippen LogP contribution in [0, 0.1) is 0 Å². The van der Waals surface area contributed by atoms with Crippen LogP contribution in [0.25, 0.3) is 0 Å². The zero-order chi connectivity index (χ0) is 13.0. The molecule has 100 valence electrons. The second-order valence-electron chi connectivity index (χ2n) is 5.31. The lowest BCUT2D eigenvalue weighted by Gasteiger charge is -2.32. The van der Waals surface area contributed by atoms with Crippen LogP contribution in [-0.4, -0.2) is 17.6 Å². The topological polar surface area (TPSA) is 42.2 Å². The van der Waals surface area contributed by atoms with Crippen LogP contribution < -0.4 is 10.6 Å². The highest BCUT2D eigenvalue weighted by molar-refractivity contribution is 5.49. The van der Waals surface area contributed by atoms with Gasteiger partial charge in [-0.3, -0.25) is 0 Å². The van der Waals surface area contributed by atoms with E-state index in [2.05, 4.69) is 22.9 Å². The molecule has 0 bridgehead atoms. The molecular formula is C15H25N3. The third kappa shape index (κ3) is 2.83. The molecule has 0 radical (unpaired) electrons. The third-order valence-electron chi connectivity index (χ3n) is 3.93. The van der Waals surface area contributed by atoms with E-state index in [0.717, 1.165) is 12.4 Å². The van der Waals surface area contributed by atoms with Gasteiger partial charge in [0.2, 0.25) is 0 Å². The molecule has 0 aliphatic carbocycles. The Morgan fingerprint density at radius 3 is 3.00 bits per heavy atom. The fourth-order valence-corrected chi connectivity index (χ4v) is 2.89. The summed E-state index contributed by atoms with van der Waals surface area (Å²) >= 11 is 0. The summed E-state index contributed by atoms with van der Waals surface area (Å²) in [5.41, 5.74) is 7.26. The molecule has 2 atom stereocenters. The van der Waals surface area contributed by atoms with Crippen LogP contribution in [-0.2, 0) is 0 Å². The minimum absolute atomic E-state index is 0.0504. The Labute approximate surface area is 110 Å². The van der Waals surface area contributed by atoms with Gasteiger partial charge in [-0.25, -0.2) is 4.98 Å². The average molecular weight is 247 g/mol. The molecule has 0 spiro atoms. The Balaban J connectivity index is 2.32. The predicted molar refractivity (Wildman–Crippen MR) is 76.7 cm³/mol. The number of rotatable bonds is 3. The predicted octanol–water partition coefficient (Wildman–Crippen LogP) is 3.26. The molecule has 1 unspecified atom stereocenters. The summed E-state index contributed by atoms with van der Waals surface area (Å²) in [7, 11) is 0. The fourth-order valence-electron chi connectivity index (χ4n) is 2.89. The molecule has 1 aromatic heterocycles. The van der Waals surface area contributed by atoms with Gasteiger partial charge in [0.25, 0.3) is 0 Å². The van der Waals surface area contributed by atoms with Gasteiger partial charge in [-0.05, 0) is 32.3 Å². The van der Waals surface area contributed by atoms with Crippen molar-refractivity contribution in [1.29, 1.82) is 0 Å². The summed E-state index contributed by atoms with van der Waals surface area (Å²) in [6.07, 6.45) is 8.31. The standard InChI is InChI=1S/C15H25N3/c1-3-13-8-5-4-6-11-18(13)15-14(12(2)16)9-7-10-17-15/h7,9-10,12-13H,3-6,8,11,16H2,1-2H3/t12-,13?/m0/s1. The average Bonchev–Trinajstić information content (AvgIpc) is 2.63. The van der Waals surface area contributed by atoms with E-state index in [0.29, 0.717) is 6.04 Å². The van der Waals surface area contributed by atoms with Gasteiger partial charge in [0.1, 0.15) is 5.82 Å². The second-order valence-corrected chi connectivity index (χ2v) is 5.31. The summed E-state index contributed by atoms with van der Waals surface area (Å²) in [6.45, 7) is 5.44. The molecule has 2 heterocycles. The largest absolute Gasteiger partial charge is 0.353 e. The molecule has 0 saturated carbocycles. The van der Waals surface area contributed by atoms with Crippen LogP contribution in [0.15, 0.2) is 18.3 Å². The van der Waals surface area contributed by atoms with Crippen molar-refractivity contribution in [2.24, 2.45) is 5.73 Å². The van der Waals surface area contributed by atoms with Gasteiger partial charge >= 0.3 is 0 Å². The number of aromatic nitrogens is 1. The first-order valence-corrected chi connectivity index (χ1v) is 7.21. The van der Waals surface area contributed by atoms with Crippen molar-refractivity contribution in [2.45, 2.75) is 58.0 Å². The smallest absolute Gasteiger partial charge is 0.133 e. The van der Waals surface area contributed by atoms with E-state index in [1.165, 1.54) is 37.7 Å².